The molecule has 1 aliphatic carbocycles. The second-order valence-corrected chi connectivity index (χ2v) is 5.54. The van der Waals surface area contributed by atoms with Gasteiger partial charge in [-0.15, -0.1) is 0 Å². The van der Waals surface area contributed by atoms with Crippen molar-refractivity contribution in [1.82, 2.24) is 10.6 Å². The Bertz CT molecular complexity index is 432. The Balaban J connectivity index is 1.62. The molecule has 0 atom stereocenters. The molecule has 0 amide bonds. The Hall–Kier alpha value is -1.23. The molecular weight excluding hydrogens is 306 g/mol. The van der Waals surface area contributed by atoms with Crippen LogP contribution in [-0.4, -0.2) is 32.7 Å². The monoisotopic (exact) mass is 325 g/mol. The van der Waals surface area contributed by atoms with E-state index in [9.17, 15) is 0 Å². The van der Waals surface area contributed by atoms with Crippen LogP contribution >= 0.6 is 15.9 Å². The van der Waals surface area contributed by atoms with E-state index < -0.39 is 0 Å². The van der Waals surface area contributed by atoms with Gasteiger partial charge < -0.3 is 15.4 Å². The molecule has 1 aliphatic rings. The lowest BCUT2D eigenvalue weighted by atomic mass is 10.3. The normalized spacial score (nSPS) is 15.2. The first kappa shape index (κ1) is 14.2. The van der Waals surface area contributed by atoms with Gasteiger partial charge in [-0.3, -0.25) is 4.99 Å². The number of benzene rings is 1. The molecular formula is C14H20BrN3O. The molecule has 5 heteroatoms. The Morgan fingerprint density at radius 3 is 2.95 bits per heavy atom. The summed E-state index contributed by atoms with van der Waals surface area (Å²) in [5, 5.41) is 6.55. The van der Waals surface area contributed by atoms with Gasteiger partial charge in [0.1, 0.15) is 12.4 Å². The van der Waals surface area contributed by atoms with Crippen LogP contribution in [0, 0.1) is 5.92 Å². The summed E-state index contributed by atoms with van der Waals surface area (Å²) in [5.41, 5.74) is 0. The van der Waals surface area contributed by atoms with E-state index in [0.29, 0.717) is 6.61 Å². The number of rotatable bonds is 6. The quantitative estimate of drug-likeness (QED) is 0.479. The largest absolute Gasteiger partial charge is 0.492 e. The maximum Gasteiger partial charge on any atom is 0.191 e. The van der Waals surface area contributed by atoms with Gasteiger partial charge in [-0.1, -0.05) is 22.0 Å². The molecule has 2 rings (SSSR count). The third-order valence-corrected chi connectivity index (χ3v) is 3.43. The molecule has 0 radical (unpaired) electrons. The van der Waals surface area contributed by atoms with E-state index in [-0.39, 0.29) is 0 Å². The van der Waals surface area contributed by atoms with Gasteiger partial charge in [0.25, 0.3) is 0 Å². The van der Waals surface area contributed by atoms with Crippen molar-refractivity contribution in [3.8, 4) is 5.75 Å². The van der Waals surface area contributed by atoms with E-state index in [2.05, 4.69) is 31.6 Å². The number of nitrogens with one attached hydrogen (secondary N) is 2. The zero-order valence-corrected chi connectivity index (χ0v) is 12.7. The fraction of sp³-hybridized carbons (Fsp3) is 0.500. The van der Waals surface area contributed by atoms with Gasteiger partial charge >= 0.3 is 0 Å². The molecule has 0 heterocycles. The molecule has 0 saturated heterocycles. The molecule has 104 valence electrons. The van der Waals surface area contributed by atoms with Crippen molar-refractivity contribution in [2.45, 2.75) is 12.8 Å². The smallest absolute Gasteiger partial charge is 0.191 e. The van der Waals surface area contributed by atoms with Gasteiger partial charge in [0, 0.05) is 18.1 Å². The van der Waals surface area contributed by atoms with Gasteiger partial charge in [-0.2, -0.15) is 0 Å². The Morgan fingerprint density at radius 2 is 2.26 bits per heavy atom. The average molecular weight is 326 g/mol. The van der Waals surface area contributed by atoms with Gasteiger partial charge in [-0.05, 0) is 37.0 Å². The van der Waals surface area contributed by atoms with Gasteiger partial charge in [0.2, 0.25) is 0 Å². The van der Waals surface area contributed by atoms with Gasteiger partial charge in [0.05, 0.1) is 6.54 Å². The highest BCUT2D eigenvalue weighted by Gasteiger charge is 2.20. The number of hydrogen-bond acceptors (Lipinski definition) is 2. The van der Waals surface area contributed by atoms with Crippen molar-refractivity contribution >= 4 is 21.9 Å². The minimum atomic E-state index is 0.612. The van der Waals surface area contributed by atoms with E-state index in [4.69, 9.17) is 4.74 Å². The molecule has 0 bridgehead atoms. The first-order valence-electron chi connectivity index (χ1n) is 6.61. The zero-order valence-electron chi connectivity index (χ0n) is 11.2. The predicted molar refractivity (Wildman–Crippen MR) is 81.7 cm³/mol. The number of nitrogens with zero attached hydrogens (tertiary/aromatic N) is 1. The van der Waals surface area contributed by atoms with Crippen LogP contribution in [0.15, 0.2) is 33.7 Å². The summed E-state index contributed by atoms with van der Waals surface area (Å²) in [6.07, 6.45) is 2.69. The minimum absolute atomic E-state index is 0.612. The zero-order chi connectivity index (χ0) is 13.5. The molecule has 1 fully saturated rings. The van der Waals surface area contributed by atoms with E-state index in [0.717, 1.165) is 35.2 Å². The maximum atomic E-state index is 5.64. The lowest BCUT2D eigenvalue weighted by Crippen LogP contribution is -2.40. The molecule has 0 unspecified atom stereocenters. The molecule has 1 aromatic carbocycles. The van der Waals surface area contributed by atoms with Crippen molar-refractivity contribution in [1.29, 1.82) is 0 Å². The highest BCUT2D eigenvalue weighted by molar-refractivity contribution is 9.10. The van der Waals surface area contributed by atoms with Crippen LogP contribution in [0.5, 0.6) is 5.75 Å². The summed E-state index contributed by atoms with van der Waals surface area (Å²) in [6, 6.07) is 7.85. The van der Waals surface area contributed by atoms with Crippen LogP contribution in [-0.2, 0) is 0 Å². The highest BCUT2D eigenvalue weighted by atomic mass is 79.9. The Labute approximate surface area is 122 Å². The Kier molecular flexibility index (Phi) is 5.51. The van der Waals surface area contributed by atoms with Crippen LogP contribution < -0.4 is 15.4 Å². The number of ether oxygens (including phenoxy) is 1. The van der Waals surface area contributed by atoms with Crippen LogP contribution in [0.25, 0.3) is 0 Å². The molecule has 1 aromatic rings. The number of guanidine groups is 1. The second kappa shape index (κ2) is 7.38. The summed E-state index contributed by atoms with van der Waals surface area (Å²) >= 11 is 3.42. The molecule has 2 N–H and O–H groups in total. The van der Waals surface area contributed by atoms with E-state index >= 15 is 0 Å². The van der Waals surface area contributed by atoms with E-state index in [1.165, 1.54) is 12.8 Å². The fourth-order valence-electron chi connectivity index (χ4n) is 1.68. The second-order valence-electron chi connectivity index (χ2n) is 4.63. The van der Waals surface area contributed by atoms with Gasteiger partial charge in [0.15, 0.2) is 5.96 Å². The minimum Gasteiger partial charge on any atom is -0.492 e. The lowest BCUT2D eigenvalue weighted by molar-refractivity contribution is 0.321. The van der Waals surface area contributed by atoms with Crippen molar-refractivity contribution in [2.75, 3.05) is 26.7 Å². The van der Waals surface area contributed by atoms with Crippen molar-refractivity contribution in [3.63, 3.8) is 0 Å². The lowest BCUT2D eigenvalue weighted by Gasteiger charge is -2.12. The summed E-state index contributed by atoms with van der Waals surface area (Å²) < 4.78 is 6.67. The van der Waals surface area contributed by atoms with Crippen molar-refractivity contribution < 1.29 is 4.74 Å². The van der Waals surface area contributed by atoms with Crippen molar-refractivity contribution in [3.05, 3.63) is 28.7 Å². The first-order valence-corrected chi connectivity index (χ1v) is 7.40. The third kappa shape index (κ3) is 5.51. The molecule has 1 saturated carbocycles. The molecule has 4 nitrogen and oxygen atoms in total. The molecule has 0 spiro atoms. The van der Waals surface area contributed by atoms with Crippen LogP contribution in [0.3, 0.4) is 0 Å². The average Bonchev–Trinajstić information content (AvgIpc) is 3.22. The van der Waals surface area contributed by atoms with Crippen LogP contribution in [0.1, 0.15) is 12.8 Å². The summed E-state index contributed by atoms with van der Waals surface area (Å²) in [6.45, 7) is 2.36. The van der Waals surface area contributed by atoms with E-state index in [1.54, 1.807) is 7.05 Å². The first-order chi connectivity index (χ1) is 9.28. The number of halogens is 1. The fourth-order valence-corrected chi connectivity index (χ4v) is 2.06. The van der Waals surface area contributed by atoms with Gasteiger partial charge in [-0.25, -0.2) is 0 Å². The Morgan fingerprint density at radius 1 is 1.42 bits per heavy atom. The molecule has 19 heavy (non-hydrogen) atoms. The topological polar surface area (TPSA) is 45.7 Å². The summed E-state index contributed by atoms with van der Waals surface area (Å²) in [5.74, 6) is 2.57. The highest BCUT2D eigenvalue weighted by Crippen LogP contribution is 2.27. The summed E-state index contributed by atoms with van der Waals surface area (Å²) in [4.78, 5) is 4.18. The maximum absolute atomic E-state index is 5.64. The number of aliphatic imine (C=N–C) groups is 1. The predicted octanol–water partition coefficient (Wildman–Crippen LogP) is 2.40. The standard InChI is InChI=1S/C14H20BrN3O/c1-16-14(18-10-11-5-6-11)17-7-8-19-13-4-2-3-12(15)9-13/h2-4,9,11H,5-8,10H2,1H3,(H2,16,17,18). The molecule has 0 aromatic heterocycles. The van der Waals surface area contributed by atoms with Crippen LogP contribution in [0.2, 0.25) is 0 Å². The number of hydrogen-bond donors (Lipinski definition) is 2. The SMILES string of the molecule is CN=C(NCCOc1cccc(Br)c1)NCC1CC1. The summed E-state index contributed by atoms with van der Waals surface area (Å²) in [7, 11) is 1.79. The van der Waals surface area contributed by atoms with Crippen LogP contribution in [0.4, 0.5) is 0 Å². The van der Waals surface area contributed by atoms with Crippen molar-refractivity contribution in [2.24, 2.45) is 10.9 Å². The third-order valence-electron chi connectivity index (χ3n) is 2.94. The molecule has 0 aliphatic heterocycles. The van der Waals surface area contributed by atoms with E-state index in [1.807, 2.05) is 24.3 Å².